The van der Waals surface area contributed by atoms with E-state index in [2.05, 4.69) is 32.9 Å². The second kappa shape index (κ2) is 14.5. The molecule has 2 aliphatic rings. The highest BCUT2D eigenvalue weighted by molar-refractivity contribution is 6.71. The lowest BCUT2D eigenvalue weighted by molar-refractivity contribution is -0.149. The molecule has 2 N–H and O–H groups in total. The normalized spacial score (nSPS) is 23.0. The van der Waals surface area contributed by atoms with E-state index in [0.29, 0.717) is 24.4 Å². The van der Waals surface area contributed by atoms with Crippen LogP contribution in [0.5, 0.6) is 5.75 Å². The van der Waals surface area contributed by atoms with E-state index in [0.717, 1.165) is 24.1 Å². The van der Waals surface area contributed by atoms with Gasteiger partial charge in [0.2, 0.25) is 5.91 Å². The number of hydrogen-bond acceptors (Lipinski definition) is 6. The number of amides is 2. The Balaban J connectivity index is 1.69. The summed E-state index contributed by atoms with van der Waals surface area (Å²) in [6, 6.07) is 15.3. The molecule has 0 unspecified atom stereocenters. The van der Waals surface area contributed by atoms with E-state index in [1.807, 2.05) is 68.5 Å². The van der Waals surface area contributed by atoms with E-state index in [1.54, 1.807) is 16.9 Å². The van der Waals surface area contributed by atoms with Gasteiger partial charge in [-0.3, -0.25) is 9.59 Å². The van der Waals surface area contributed by atoms with Crippen molar-refractivity contribution in [2.75, 3.05) is 31.7 Å². The van der Waals surface area contributed by atoms with E-state index >= 15 is 0 Å². The smallest absolute Gasteiger partial charge is 0.264 e. The molecule has 0 radical (unpaired) electrons. The van der Waals surface area contributed by atoms with Crippen molar-refractivity contribution in [2.45, 2.75) is 83.8 Å². The third kappa shape index (κ3) is 7.43. The minimum Gasteiger partial charge on any atom is -0.497 e. The predicted molar refractivity (Wildman–Crippen MR) is 180 cm³/mol. The van der Waals surface area contributed by atoms with Gasteiger partial charge in [-0.15, -0.1) is 0 Å². The highest BCUT2D eigenvalue weighted by Crippen LogP contribution is 2.60. The Hall–Kier alpha value is -3.24. The maximum absolute atomic E-state index is 14.6. The molecule has 0 bridgehead atoms. The number of hydrogen-bond donors (Lipinski definition) is 2. The third-order valence-electron chi connectivity index (χ3n) is 9.22. The Bertz CT molecular complexity index is 1410. The first-order chi connectivity index (χ1) is 21.3. The molecule has 1 spiro atoms. The number of fused-ring (bicyclic) bond motifs is 2. The zero-order chi connectivity index (χ0) is 32.9. The Morgan fingerprint density at radius 3 is 2.47 bits per heavy atom. The lowest BCUT2D eigenvalue weighted by atomic mass is 9.82. The molecule has 4 atom stereocenters. The average molecular weight is 635 g/mol. The van der Waals surface area contributed by atoms with Crippen molar-refractivity contribution >= 4 is 25.8 Å². The Kier molecular flexibility index (Phi) is 11.1. The standard InChI is InChI=1S/C36H50N2O6Si/c1-25(2)12-11-13-26(3)18-19-38-31-17-16-29(43-5)22-30(31)36(35(38)41)27(4)34(45(6,7)42)32(44-36)23-33(40)37(20-21-39)24-28-14-9-8-10-15-28/h8-10,12,14-18,22,27,32,34,39,42H,11,13,19-21,23-24H2,1-7H3/b26-18+/t27-,32+,34-,36+/m1/s1. The lowest BCUT2D eigenvalue weighted by Gasteiger charge is -2.32. The van der Waals surface area contributed by atoms with E-state index in [1.165, 1.54) is 11.1 Å². The minimum atomic E-state index is -2.96. The number of aliphatic hydroxyl groups is 1. The van der Waals surface area contributed by atoms with Crippen molar-refractivity contribution in [1.82, 2.24) is 4.90 Å². The summed E-state index contributed by atoms with van der Waals surface area (Å²) in [5.74, 6) is -0.149. The van der Waals surface area contributed by atoms with Gasteiger partial charge in [-0.05, 0) is 70.5 Å². The third-order valence-corrected chi connectivity index (χ3v) is 11.7. The van der Waals surface area contributed by atoms with Crippen LogP contribution in [0.15, 0.2) is 71.8 Å². The number of carbonyl (C=O) groups excluding carboxylic acids is 2. The topological polar surface area (TPSA) is 99.5 Å². The van der Waals surface area contributed by atoms with Crippen molar-refractivity contribution in [2.24, 2.45) is 5.92 Å². The van der Waals surface area contributed by atoms with Crippen LogP contribution in [0.2, 0.25) is 18.6 Å². The molecule has 9 heteroatoms. The number of aliphatic hydroxyl groups excluding tert-OH is 1. The van der Waals surface area contributed by atoms with Gasteiger partial charge in [-0.1, -0.05) is 60.6 Å². The molecule has 1 fully saturated rings. The first-order valence-electron chi connectivity index (χ1n) is 16.0. The molecule has 0 aromatic heterocycles. The van der Waals surface area contributed by atoms with E-state index in [4.69, 9.17) is 9.47 Å². The van der Waals surface area contributed by atoms with Gasteiger partial charge in [0.15, 0.2) is 13.9 Å². The first-order valence-corrected chi connectivity index (χ1v) is 19.0. The number of nitrogens with zero attached hydrogens (tertiary/aromatic N) is 2. The quantitative estimate of drug-likeness (QED) is 0.209. The van der Waals surface area contributed by atoms with Crippen molar-refractivity contribution in [3.63, 3.8) is 0 Å². The van der Waals surface area contributed by atoms with Crippen LogP contribution in [0.25, 0.3) is 0 Å². The second-order valence-corrected chi connectivity index (χ2v) is 17.2. The van der Waals surface area contributed by atoms with Crippen LogP contribution < -0.4 is 9.64 Å². The molecule has 2 aromatic rings. The molecule has 2 aromatic carbocycles. The predicted octanol–water partition coefficient (Wildman–Crippen LogP) is 5.94. The molecular formula is C36H50N2O6Si. The Labute approximate surface area is 269 Å². The molecule has 45 heavy (non-hydrogen) atoms. The molecule has 1 saturated heterocycles. The Morgan fingerprint density at radius 1 is 1.13 bits per heavy atom. The van der Waals surface area contributed by atoms with E-state index < -0.39 is 31.5 Å². The van der Waals surface area contributed by atoms with Crippen LogP contribution >= 0.6 is 0 Å². The molecule has 2 amide bonds. The maximum atomic E-state index is 14.6. The summed E-state index contributed by atoms with van der Waals surface area (Å²) in [6.07, 6.45) is 5.48. The van der Waals surface area contributed by atoms with Gasteiger partial charge in [-0.25, -0.2) is 0 Å². The number of anilines is 1. The monoisotopic (exact) mass is 634 g/mol. The van der Waals surface area contributed by atoms with Gasteiger partial charge in [0.25, 0.3) is 5.91 Å². The fraction of sp³-hybridized carbons (Fsp3) is 0.500. The molecule has 2 aliphatic heterocycles. The number of rotatable bonds is 13. The van der Waals surface area contributed by atoms with Gasteiger partial charge in [0, 0.05) is 36.7 Å². The van der Waals surface area contributed by atoms with Crippen LogP contribution in [0.1, 0.15) is 58.1 Å². The zero-order valence-electron chi connectivity index (χ0n) is 27.9. The van der Waals surface area contributed by atoms with Crippen LogP contribution in [0, 0.1) is 5.92 Å². The SMILES string of the molecule is COc1ccc2c(c1)[C@]1(O[C@@H](CC(=O)N(CCO)Cc3ccccc3)[C@H]([Si](C)(C)O)[C@H]1C)C(=O)N2C/C=C(\C)CCC=C(C)C. The summed E-state index contributed by atoms with van der Waals surface area (Å²) >= 11 is 0. The largest absolute Gasteiger partial charge is 0.497 e. The van der Waals surface area contributed by atoms with Crippen LogP contribution in [0.3, 0.4) is 0 Å². The highest BCUT2D eigenvalue weighted by atomic mass is 28.4. The van der Waals surface area contributed by atoms with Gasteiger partial charge in [0.05, 0.1) is 31.9 Å². The van der Waals surface area contributed by atoms with Crippen molar-refractivity contribution in [1.29, 1.82) is 0 Å². The number of ether oxygens (including phenoxy) is 2. The number of methoxy groups -OCH3 is 1. The fourth-order valence-corrected chi connectivity index (χ4v) is 9.57. The van der Waals surface area contributed by atoms with E-state index in [-0.39, 0.29) is 31.4 Å². The first kappa shape index (κ1) is 34.6. The van der Waals surface area contributed by atoms with Crippen LogP contribution in [-0.2, 0) is 26.5 Å². The highest BCUT2D eigenvalue weighted by Gasteiger charge is 2.66. The molecule has 4 rings (SSSR count). The second-order valence-electron chi connectivity index (χ2n) is 13.3. The summed E-state index contributed by atoms with van der Waals surface area (Å²) in [6.45, 7) is 12.7. The molecule has 244 valence electrons. The molecular weight excluding hydrogens is 584 g/mol. The van der Waals surface area contributed by atoms with Gasteiger partial charge < -0.3 is 29.2 Å². The summed E-state index contributed by atoms with van der Waals surface area (Å²) in [5.41, 5.74) is 3.16. The van der Waals surface area contributed by atoms with Crippen molar-refractivity contribution in [3.8, 4) is 5.75 Å². The molecule has 0 saturated carbocycles. The van der Waals surface area contributed by atoms with Crippen molar-refractivity contribution < 1.29 is 29.0 Å². The van der Waals surface area contributed by atoms with Crippen LogP contribution in [-0.4, -0.2) is 67.8 Å². The minimum absolute atomic E-state index is 0.00344. The average Bonchev–Trinajstić information content (AvgIpc) is 3.41. The van der Waals surface area contributed by atoms with Gasteiger partial charge in [-0.2, -0.15) is 0 Å². The zero-order valence-corrected chi connectivity index (χ0v) is 28.9. The van der Waals surface area contributed by atoms with Crippen LogP contribution in [0.4, 0.5) is 5.69 Å². The summed E-state index contributed by atoms with van der Waals surface area (Å²) in [4.78, 5) is 43.5. The summed E-state index contributed by atoms with van der Waals surface area (Å²) in [5, 5.41) is 9.77. The number of benzene rings is 2. The molecule has 0 aliphatic carbocycles. The number of carbonyl (C=O) groups is 2. The summed E-state index contributed by atoms with van der Waals surface area (Å²) < 4.78 is 12.4. The molecule has 8 nitrogen and oxygen atoms in total. The van der Waals surface area contributed by atoms with Crippen molar-refractivity contribution in [3.05, 3.63) is 83.0 Å². The molecule has 2 heterocycles. The van der Waals surface area contributed by atoms with Gasteiger partial charge >= 0.3 is 0 Å². The fourth-order valence-electron chi connectivity index (χ4n) is 7.02. The maximum Gasteiger partial charge on any atom is 0.264 e. The number of allylic oxidation sites excluding steroid dienone is 3. The summed E-state index contributed by atoms with van der Waals surface area (Å²) in [7, 11) is -1.36. The lowest BCUT2D eigenvalue weighted by Crippen LogP contribution is -2.46. The van der Waals surface area contributed by atoms with E-state index in [9.17, 15) is 19.5 Å². The Morgan fingerprint density at radius 2 is 1.84 bits per heavy atom. The van der Waals surface area contributed by atoms with Gasteiger partial charge in [0.1, 0.15) is 5.75 Å².